The average molecular weight is 384 g/mol. The summed E-state index contributed by atoms with van der Waals surface area (Å²) < 4.78 is 49.7. The van der Waals surface area contributed by atoms with Gasteiger partial charge >= 0.3 is 12.3 Å². The molecule has 1 unspecified atom stereocenters. The third-order valence-corrected chi connectivity index (χ3v) is 4.44. The highest BCUT2D eigenvalue weighted by atomic mass is 19.4. The van der Waals surface area contributed by atoms with E-state index in [2.05, 4.69) is 9.72 Å². The smallest absolute Gasteiger partial charge is 0.476 e. The lowest BCUT2D eigenvalue weighted by atomic mass is 10.1. The Hall–Kier alpha value is -2.55. The Bertz CT molecular complexity index is 826. The first-order valence-corrected chi connectivity index (χ1v) is 8.53. The van der Waals surface area contributed by atoms with Crippen LogP contribution in [0, 0.1) is 6.92 Å². The van der Waals surface area contributed by atoms with Gasteiger partial charge in [0.2, 0.25) is 0 Å². The lowest BCUT2D eigenvalue weighted by Crippen LogP contribution is -2.25. The minimum atomic E-state index is -4.87. The van der Waals surface area contributed by atoms with E-state index in [0.717, 1.165) is 19.3 Å². The van der Waals surface area contributed by atoms with Crippen molar-refractivity contribution in [3.63, 3.8) is 0 Å². The second kappa shape index (κ2) is 7.59. The maximum Gasteiger partial charge on any atom is 0.573 e. The molecule has 1 aromatic heterocycles. The third kappa shape index (κ3) is 4.41. The van der Waals surface area contributed by atoms with Crippen LogP contribution in [-0.2, 0) is 11.3 Å². The van der Waals surface area contributed by atoms with Crippen LogP contribution in [-0.4, -0.2) is 39.7 Å². The van der Waals surface area contributed by atoms with Gasteiger partial charge in [-0.05, 0) is 38.3 Å². The van der Waals surface area contributed by atoms with Crippen LogP contribution in [0.15, 0.2) is 24.3 Å². The number of carboxylic acids is 1. The Labute approximate surface area is 153 Å². The maximum absolute atomic E-state index is 12.8. The molecule has 2 aromatic rings. The van der Waals surface area contributed by atoms with E-state index >= 15 is 0 Å². The zero-order valence-corrected chi connectivity index (χ0v) is 14.6. The molecule has 9 heteroatoms. The highest BCUT2D eigenvalue weighted by Gasteiger charge is 2.33. The van der Waals surface area contributed by atoms with Crippen molar-refractivity contribution >= 4 is 5.97 Å². The number of aromatic carboxylic acids is 1. The van der Waals surface area contributed by atoms with Crippen molar-refractivity contribution in [3.05, 3.63) is 35.7 Å². The quantitative estimate of drug-likeness (QED) is 0.843. The number of carboxylic acid groups (broad SMARTS) is 1. The summed E-state index contributed by atoms with van der Waals surface area (Å²) >= 11 is 0. The number of carbonyl (C=O) groups is 1. The number of benzene rings is 1. The number of imidazole rings is 1. The number of aromatic nitrogens is 2. The Morgan fingerprint density at radius 2 is 2.11 bits per heavy atom. The van der Waals surface area contributed by atoms with Gasteiger partial charge in [-0.15, -0.1) is 13.2 Å². The molecule has 1 atom stereocenters. The number of ether oxygens (including phenoxy) is 2. The van der Waals surface area contributed by atoms with E-state index in [0.29, 0.717) is 18.8 Å². The fourth-order valence-corrected chi connectivity index (χ4v) is 3.19. The third-order valence-electron chi connectivity index (χ3n) is 4.44. The molecule has 1 saturated heterocycles. The second-order valence-corrected chi connectivity index (χ2v) is 6.32. The Kier molecular flexibility index (Phi) is 5.41. The molecule has 27 heavy (non-hydrogen) atoms. The van der Waals surface area contributed by atoms with Crippen molar-refractivity contribution in [2.45, 2.75) is 45.2 Å². The summed E-state index contributed by atoms with van der Waals surface area (Å²) in [5.41, 5.74) is 0.220. The molecule has 6 nitrogen and oxygen atoms in total. The first kappa shape index (κ1) is 19.2. The molecule has 0 spiro atoms. The molecule has 0 aliphatic carbocycles. The first-order chi connectivity index (χ1) is 12.8. The summed E-state index contributed by atoms with van der Waals surface area (Å²) in [4.78, 5) is 15.6. The van der Waals surface area contributed by atoms with Crippen molar-refractivity contribution in [2.24, 2.45) is 0 Å². The summed E-state index contributed by atoms with van der Waals surface area (Å²) in [6, 6.07) is 5.55. The predicted molar refractivity (Wildman–Crippen MR) is 89.6 cm³/mol. The molecule has 146 valence electrons. The summed E-state index contributed by atoms with van der Waals surface area (Å²) in [6.07, 6.45) is -2.30. The fraction of sp³-hybridized carbons (Fsp3) is 0.444. The van der Waals surface area contributed by atoms with Crippen LogP contribution in [0.5, 0.6) is 5.75 Å². The Balaban J connectivity index is 2.07. The van der Waals surface area contributed by atoms with Crippen molar-refractivity contribution in [1.82, 2.24) is 9.55 Å². The van der Waals surface area contributed by atoms with Crippen molar-refractivity contribution in [3.8, 4) is 17.1 Å². The molecular formula is C18H19F3N2O4. The fourth-order valence-electron chi connectivity index (χ4n) is 3.19. The lowest BCUT2D eigenvalue weighted by Gasteiger charge is -2.24. The number of alkyl halides is 3. The lowest BCUT2D eigenvalue weighted by molar-refractivity contribution is -0.274. The van der Waals surface area contributed by atoms with Gasteiger partial charge in [-0.2, -0.15) is 0 Å². The Morgan fingerprint density at radius 3 is 2.74 bits per heavy atom. The van der Waals surface area contributed by atoms with Crippen LogP contribution < -0.4 is 4.74 Å². The monoisotopic (exact) mass is 384 g/mol. The van der Waals surface area contributed by atoms with E-state index in [1.165, 1.54) is 18.2 Å². The molecule has 0 amide bonds. The van der Waals surface area contributed by atoms with Crippen LogP contribution in [0.4, 0.5) is 13.2 Å². The molecule has 1 aliphatic heterocycles. The van der Waals surface area contributed by atoms with Gasteiger partial charge in [0.15, 0.2) is 5.69 Å². The SMILES string of the molecule is Cc1c(C(=O)O)nc(-c2ccccc2OC(F)(F)F)n1CC1CCCCO1. The minimum absolute atomic E-state index is 0.0706. The molecule has 2 heterocycles. The largest absolute Gasteiger partial charge is 0.573 e. The zero-order valence-electron chi connectivity index (χ0n) is 14.6. The summed E-state index contributed by atoms with van der Waals surface area (Å²) in [5.74, 6) is -1.57. The van der Waals surface area contributed by atoms with Gasteiger partial charge in [0.1, 0.15) is 11.6 Å². The van der Waals surface area contributed by atoms with Gasteiger partial charge in [-0.25, -0.2) is 9.78 Å². The molecule has 0 saturated carbocycles. The molecule has 0 radical (unpaired) electrons. The van der Waals surface area contributed by atoms with Crippen molar-refractivity contribution < 1.29 is 32.5 Å². The minimum Gasteiger partial charge on any atom is -0.476 e. The van der Waals surface area contributed by atoms with Crippen LogP contribution in [0.3, 0.4) is 0 Å². The molecule has 1 aromatic carbocycles. The standard InChI is InChI=1S/C18H19F3N2O4/c1-11-15(17(24)25)22-16(23(11)10-12-6-4-5-9-26-12)13-7-2-3-8-14(13)27-18(19,20)21/h2-3,7-8,12H,4-6,9-10H2,1H3,(H,24,25). The summed E-state index contributed by atoms with van der Waals surface area (Å²) in [5, 5.41) is 9.39. The first-order valence-electron chi connectivity index (χ1n) is 8.53. The number of hydrogen-bond acceptors (Lipinski definition) is 4. The molecule has 0 bridgehead atoms. The Morgan fingerprint density at radius 1 is 1.37 bits per heavy atom. The van der Waals surface area contributed by atoms with E-state index in [-0.39, 0.29) is 23.2 Å². The molecule has 3 rings (SSSR count). The van der Waals surface area contributed by atoms with Gasteiger partial charge in [0.05, 0.1) is 18.2 Å². The highest BCUT2D eigenvalue weighted by Crippen LogP contribution is 2.34. The average Bonchev–Trinajstić information content (AvgIpc) is 2.92. The van der Waals surface area contributed by atoms with Gasteiger partial charge in [0, 0.05) is 12.3 Å². The van der Waals surface area contributed by atoms with Gasteiger partial charge in [-0.1, -0.05) is 12.1 Å². The number of rotatable bonds is 5. The van der Waals surface area contributed by atoms with E-state index in [1.807, 2.05) is 0 Å². The molecule has 1 aliphatic rings. The highest BCUT2D eigenvalue weighted by molar-refractivity contribution is 5.88. The topological polar surface area (TPSA) is 73.6 Å². The van der Waals surface area contributed by atoms with Crippen LogP contribution in [0.25, 0.3) is 11.4 Å². The second-order valence-electron chi connectivity index (χ2n) is 6.32. The molecule has 1 N–H and O–H groups in total. The maximum atomic E-state index is 12.8. The van der Waals surface area contributed by atoms with E-state index in [9.17, 15) is 23.1 Å². The van der Waals surface area contributed by atoms with Crippen LogP contribution >= 0.6 is 0 Å². The van der Waals surface area contributed by atoms with E-state index in [1.54, 1.807) is 17.6 Å². The number of nitrogens with zero attached hydrogens (tertiary/aromatic N) is 2. The number of hydrogen-bond donors (Lipinski definition) is 1. The van der Waals surface area contributed by atoms with Crippen molar-refractivity contribution in [2.75, 3.05) is 6.61 Å². The van der Waals surface area contributed by atoms with Gasteiger partial charge in [0.25, 0.3) is 0 Å². The van der Waals surface area contributed by atoms with Crippen molar-refractivity contribution in [1.29, 1.82) is 0 Å². The predicted octanol–water partition coefficient (Wildman–Crippen LogP) is 4.02. The number of halogens is 3. The van der Waals surface area contributed by atoms with E-state index in [4.69, 9.17) is 4.74 Å². The summed E-state index contributed by atoms with van der Waals surface area (Å²) in [7, 11) is 0. The normalized spacial score (nSPS) is 17.7. The van der Waals surface area contributed by atoms with Gasteiger partial charge in [-0.3, -0.25) is 0 Å². The zero-order chi connectivity index (χ0) is 19.6. The molecule has 1 fully saturated rings. The summed E-state index contributed by atoms with van der Waals surface area (Å²) in [6.45, 7) is 2.49. The van der Waals surface area contributed by atoms with Crippen LogP contribution in [0.1, 0.15) is 35.4 Å². The molecular weight excluding hydrogens is 365 g/mol. The van der Waals surface area contributed by atoms with Gasteiger partial charge < -0.3 is 19.1 Å². The van der Waals surface area contributed by atoms with Crippen LogP contribution in [0.2, 0.25) is 0 Å². The van der Waals surface area contributed by atoms with E-state index < -0.39 is 18.1 Å². The number of para-hydroxylation sites is 1.